The van der Waals surface area contributed by atoms with E-state index in [4.69, 9.17) is 0 Å². The Morgan fingerprint density at radius 1 is 1.19 bits per heavy atom. The van der Waals surface area contributed by atoms with Gasteiger partial charge in [0, 0.05) is 37.9 Å². The van der Waals surface area contributed by atoms with Gasteiger partial charge < -0.3 is 9.80 Å². The van der Waals surface area contributed by atoms with Crippen molar-refractivity contribution in [2.45, 2.75) is 40.2 Å². The average Bonchev–Trinajstić information content (AvgIpc) is 2.60. The zero-order valence-corrected chi connectivity index (χ0v) is 17.3. The van der Waals surface area contributed by atoms with Crippen molar-refractivity contribution in [3.63, 3.8) is 0 Å². The molecule has 0 aromatic heterocycles. The summed E-state index contributed by atoms with van der Waals surface area (Å²) >= 11 is 0. The smallest absolute Gasteiger partial charge is 0.238 e. The third-order valence-corrected chi connectivity index (χ3v) is 6.69. The quantitative estimate of drug-likeness (QED) is 0.756. The van der Waals surface area contributed by atoms with Crippen molar-refractivity contribution in [1.29, 1.82) is 0 Å². The van der Waals surface area contributed by atoms with Crippen LogP contribution in [0.3, 0.4) is 0 Å². The molecule has 6 nitrogen and oxygen atoms in total. The highest BCUT2D eigenvalue weighted by atomic mass is 32.2. The van der Waals surface area contributed by atoms with E-state index < -0.39 is 10.0 Å². The Balaban J connectivity index is 2.00. The van der Waals surface area contributed by atoms with Gasteiger partial charge in [-0.2, -0.15) is 4.31 Å². The zero-order chi connectivity index (χ0) is 19.5. The minimum absolute atomic E-state index is 0.0721. The first-order valence-electron chi connectivity index (χ1n) is 9.21. The van der Waals surface area contributed by atoms with Crippen molar-refractivity contribution in [3.8, 4) is 0 Å². The van der Waals surface area contributed by atoms with Gasteiger partial charge >= 0.3 is 0 Å². The number of hydrogen-bond acceptors (Lipinski definition) is 4. The van der Waals surface area contributed by atoms with Crippen molar-refractivity contribution in [2.75, 3.05) is 43.9 Å². The fourth-order valence-corrected chi connectivity index (χ4v) is 4.46. The Morgan fingerprint density at radius 2 is 1.81 bits per heavy atom. The van der Waals surface area contributed by atoms with Crippen molar-refractivity contribution in [1.82, 2.24) is 9.21 Å². The summed E-state index contributed by atoms with van der Waals surface area (Å²) in [5.74, 6) is -0.115. The normalized spacial score (nSPS) is 16.8. The molecule has 1 amide bonds. The summed E-state index contributed by atoms with van der Waals surface area (Å²) in [6.07, 6.45) is 1.85. The lowest BCUT2D eigenvalue weighted by molar-refractivity contribution is -0.132. The molecular formula is C19H31N3O3S. The zero-order valence-electron chi connectivity index (χ0n) is 16.5. The van der Waals surface area contributed by atoms with Crippen LogP contribution in [0.15, 0.2) is 18.2 Å². The number of piperazine rings is 1. The molecule has 1 aliphatic rings. The van der Waals surface area contributed by atoms with Crippen LogP contribution in [0.5, 0.6) is 0 Å². The third kappa shape index (κ3) is 4.76. The van der Waals surface area contributed by atoms with E-state index in [-0.39, 0.29) is 18.5 Å². The SMILES string of the molecule is CCC(C)N(CC(=O)N1CCN(c2cccc(C)c2C)CC1)S(C)(=O)=O. The van der Waals surface area contributed by atoms with Crippen LogP contribution >= 0.6 is 0 Å². The number of rotatable bonds is 6. The van der Waals surface area contributed by atoms with Gasteiger partial charge in [-0.15, -0.1) is 0 Å². The molecule has 26 heavy (non-hydrogen) atoms. The Kier molecular flexibility index (Phi) is 6.69. The molecule has 0 bridgehead atoms. The summed E-state index contributed by atoms with van der Waals surface area (Å²) < 4.78 is 25.3. The molecule has 1 heterocycles. The maximum Gasteiger partial charge on any atom is 0.238 e. The van der Waals surface area contributed by atoms with Crippen molar-refractivity contribution in [2.24, 2.45) is 0 Å². The van der Waals surface area contributed by atoms with Gasteiger partial charge in [-0.3, -0.25) is 4.79 Å². The van der Waals surface area contributed by atoms with Crippen molar-refractivity contribution in [3.05, 3.63) is 29.3 Å². The number of sulfonamides is 1. The second-order valence-corrected chi connectivity index (χ2v) is 9.09. The van der Waals surface area contributed by atoms with E-state index in [1.165, 1.54) is 27.4 Å². The summed E-state index contributed by atoms with van der Waals surface area (Å²) in [5, 5.41) is 0. The average molecular weight is 382 g/mol. The molecule has 0 radical (unpaired) electrons. The molecule has 146 valence electrons. The lowest BCUT2D eigenvalue weighted by Gasteiger charge is -2.38. The largest absolute Gasteiger partial charge is 0.368 e. The molecule has 7 heteroatoms. The first kappa shape index (κ1) is 20.7. The van der Waals surface area contributed by atoms with Crippen LogP contribution in [0, 0.1) is 13.8 Å². The topological polar surface area (TPSA) is 60.9 Å². The summed E-state index contributed by atoms with van der Waals surface area (Å²) in [6.45, 7) is 10.7. The predicted molar refractivity (Wildman–Crippen MR) is 106 cm³/mol. The summed E-state index contributed by atoms with van der Waals surface area (Å²) in [5.41, 5.74) is 3.75. The van der Waals surface area contributed by atoms with Crippen LogP contribution in [0.25, 0.3) is 0 Å². The van der Waals surface area contributed by atoms with E-state index in [0.717, 1.165) is 13.1 Å². The molecule has 1 saturated heterocycles. The van der Waals surface area contributed by atoms with Crippen LogP contribution in [0.2, 0.25) is 0 Å². The van der Waals surface area contributed by atoms with E-state index in [1.807, 2.05) is 13.8 Å². The van der Waals surface area contributed by atoms with Gasteiger partial charge in [0.05, 0.1) is 12.8 Å². The first-order valence-corrected chi connectivity index (χ1v) is 11.1. The Morgan fingerprint density at radius 3 is 2.35 bits per heavy atom. The molecule has 1 aliphatic heterocycles. The number of nitrogens with zero attached hydrogens (tertiary/aromatic N) is 3. The van der Waals surface area contributed by atoms with E-state index in [0.29, 0.717) is 19.5 Å². The summed E-state index contributed by atoms with van der Waals surface area (Å²) in [7, 11) is -3.40. The van der Waals surface area contributed by atoms with Crippen LogP contribution in [0.4, 0.5) is 5.69 Å². The lowest BCUT2D eigenvalue weighted by atomic mass is 10.1. The number of anilines is 1. The lowest BCUT2D eigenvalue weighted by Crippen LogP contribution is -2.53. The Labute approximate surface area is 157 Å². The van der Waals surface area contributed by atoms with Gasteiger partial charge in [0.15, 0.2) is 0 Å². The molecule has 2 rings (SSSR count). The van der Waals surface area contributed by atoms with Crippen molar-refractivity contribution >= 4 is 21.6 Å². The second kappa shape index (κ2) is 8.39. The van der Waals surface area contributed by atoms with Gasteiger partial charge in [-0.05, 0) is 44.4 Å². The minimum atomic E-state index is -3.40. The van der Waals surface area contributed by atoms with Gasteiger partial charge in [0.1, 0.15) is 0 Å². The number of aryl methyl sites for hydroxylation is 1. The number of amides is 1. The maximum absolute atomic E-state index is 12.6. The van der Waals surface area contributed by atoms with Crippen LogP contribution < -0.4 is 4.90 Å². The van der Waals surface area contributed by atoms with Gasteiger partial charge in [0.2, 0.25) is 15.9 Å². The molecule has 0 N–H and O–H groups in total. The van der Waals surface area contributed by atoms with Gasteiger partial charge in [-0.25, -0.2) is 8.42 Å². The molecule has 1 aromatic carbocycles. The molecule has 0 spiro atoms. The van der Waals surface area contributed by atoms with Crippen LogP contribution in [-0.4, -0.2) is 68.6 Å². The highest BCUT2D eigenvalue weighted by Crippen LogP contribution is 2.24. The Bertz CT molecular complexity index is 740. The van der Waals surface area contributed by atoms with Crippen molar-refractivity contribution < 1.29 is 13.2 Å². The molecule has 0 saturated carbocycles. The van der Waals surface area contributed by atoms with E-state index in [2.05, 4.69) is 36.9 Å². The van der Waals surface area contributed by atoms with Gasteiger partial charge in [0.25, 0.3) is 0 Å². The Hall–Kier alpha value is -1.60. The molecular weight excluding hydrogens is 350 g/mol. The van der Waals surface area contributed by atoms with E-state index in [1.54, 1.807) is 4.90 Å². The van der Waals surface area contributed by atoms with Crippen LogP contribution in [-0.2, 0) is 14.8 Å². The number of benzene rings is 1. The number of carbonyl (C=O) groups is 1. The van der Waals surface area contributed by atoms with E-state index >= 15 is 0 Å². The molecule has 1 atom stereocenters. The highest BCUT2D eigenvalue weighted by molar-refractivity contribution is 7.88. The molecule has 0 aliphatic carbocycles. The molecule has 1 unspecified atom stereocenters. The maximum atomic E-state index is 12.6. The minimum Gasteiger partial charge on any atom is -0.368 e. The predicted octanol–water partition coefficient (Wildman–Crippen LogP) is 2.01. The van der Waals surface area contributed by atoms with Gasteiger partial charge in [-0.1, -0.05) is 19.1 Å². The summed E-state index contributed by atoms with van der Waals surface area (Å²) in [4.78, 5) is 16.7. The molecule has 1 aromatic rings. The monoisotopic (exact) mass is 381 g/mol. The third-order valence-electron chi connectivity index (χ3n) is 5.35. The van der Waals surface area contributed by atoms with E-state index in [9.17, 15) is 13.2 Å². The second-order valence-electron chi connectivity index (χ2n) is 7.15. The number of carbonyl (C=O) groups excluding carboxylic acids is 1. The summed E-state index contributed by atoms with van der Waals surface area (Å²) in [6, 6.07) is 6.11. The fraction of sp³-hybridized carbons (Fsp3) is 0.632. The van der Waals surface area contributed by atoms with Crippen LogP contribution in [0.1, 0.15) is 31.4 Å². The molecule has 1 fully saturated rings. The first-order chi connectivity index (χ1) is 12.1. The number of hydrogen-bond donors (Lipinski definition) is 0. The highest BCUT2D eigenvalue weighted by Gasteiger charge is 2.29. The fourth-order valence-electron chi connectivity index (χ4n) is 3.31. The standard InChI is InChI=1S/C19H31N3O3S/c1-6-16(3)22(26(5,24)25)14-19(23)21-12-10-20(11-13-21)18-9-7-8-15(2)17(18)4/h7-9,16H,6,10-14H2,1-5H3.